The van der Waals surface area contributed by atoms with Gasteiger partial charge in [0.2, 0.25) is 0 Å². The SMILES string of the molecule is O=C(CN(CCN(CC(=O)OC1CCCCC1)CC(=O)OC1CCCCC1)CC(=O)OC1CCCCC1)OC1CCCCC1. The van der Waals surface area contributed by atoms with Gasteiger partial charge in [0, 0.05) is 13.1 Å². The molecule has 0 atom stereocenters. The minimum Gasteiger partial charge on any atom is -0.461 e. The summed E-state index contributed by atoms with van der Waals surface area (Å²) in [7, 11) is 0. The Morgan fingerprint density at radius 2 is 0.568 bits per heavy atom. The van der Waals surface area contributed by atoms with Gasteiger partial charge < -0.3 is 18.9 Å². The molecule has 0 aromatic rings. The molecular weight excluding hydrogens is 564 g/mol. The van der Waals surface area contributed by atoms with Crippen molar-refractivity contribution >= 4 is 23.9 Å². The Labute approximate surface area is 263 Å². The maximum Gasteiger partial charge on any atom is 0.320 e. The van der Waals surface area contributed by atoms with Crippen molar-refractivity contribution in [2.24, 2.45) is 0 Å². The first-order valence-electron chi connectivity index (χ1n) is 17.7. The predicted octanol–water partition coefficient (Wildman–Crippen LogP) is 5.09. The maximum atomic E-state index is 13.0. The molecule has 4 aliphatic rings. The lowest BCUT2D eigenvalue weighted by Gasteiger charge is -2.29. The summed E-state index contributed by atoms with van der Waals surface area (Å²) in [5.41, 5.74) is 0. The predicted molar refractivity (Wildman–Crippen MR) is 165 cm³/mol. The van der Waals surface area contributed by atoms with Gasteiger partial charge in [-0.05, 0) is 103 Å². The van der Waals surface area contributed by atoms with Crippen molar-refractivity contribution < 1.29 is 38.1 Å². The number of nitrogens with zero attached hydrogens (tertiary/aromatic N) is 2. The summed E-state index contributed by atoms with van der Waals surface area (Å²) in [5, 5.41) is 0. The largest absolute Gasteiger partial charge is 0.461 e. The summed E-state index contributed by atoms with van der Waals surface area (Å²) in [5.74, 6) is -1.44. The molecule has 4 rings (SSSR count). The molecular formula is C34H56N2O8. The molecule has 0 aromatic carbocycles. The topological polar surface area (TPSA) is 112 Å². The molecule has 0 unspecified atom stereocenters. The van der Waals surface area contributed by atoms with Gasteiger partial charge in [-0.25, -0.2) is 0 Å². The van der Waals surface area contributed by atoms with Gasteiger partial charge in [0.1, 0.15) is 24.4 Å². The van der Waals surface area contributed by atoms with E-state index in [1.165, 1.54) is 0 Å². The van der Waals surface area contributed by atoms with Gasteiger partial charge in [-0.1, -0.05) is 25.7 Å². The van der Waals surface area contributed by atoms with Gasteiger partial charge in [0.25, 0.3) is 0 Å². The minimum absolute atomic E-state index is 0.0524. The summed E-state index contributed by atoms with van der Waals surface area (Å²) in [4.78, 5) is 55.3. The third kappa shape index (κ3) is 13.4. The van der Waals surface area contributed by atoms with Gasteiger partial charge in [0.05, 0.1) is 26.2 Å². The fourth-order valence-corrected chi connectivity index (χ4v) is 7.07. The number of carbonyl (C=O) groups excluding carboxylic acids is 4. The normalized spacial score (nSPS) is 21.2. The lowest BCUT2D eigenvalue weighted by molar-refractivity contribution is -0.159. The van der Waals surface area contributed by atoms with E-state index in [9.17, 15) is 19.2 Å². The quantitative estimate of drug-likeness (QED) is 0.181. The Morgan fingerprint density at radius 1 is 0.364 bits per heavy atom. The van der Waals surface area contributed by atoms with E-state index in [1.54, 1.807) is 9.80 Å². The molecule has 4 aliphatic carbocycles. The average Bonchev–Trinajstić information content (AvgIpc) is 3.01. The number of carbonyl (C=O) groups is 4. The first kappa shape index (κ1) is 34.7. The number of rotatable bonds is 15. The van der Waals surface area contributed by atoms with Crippen LogP contribution in [0.2, 0.25) is 0 Å². The zero-order valence-electron chi connectivity index (χ0n) is 26.9. The summed E-state index contributed by atoms with van der Waals surface area (Å²) in [6.07, 6.45) is 19.7. The van der Waals surface area contributed by atoms with Crippen molar-refractivity contribution in [3.05, 3.63) is 0 Å². The lowest BCUT2D eigenvalue weighted by atomic mass is 9.98. The van der Waals surface area contributed by atoms with E-state index < -0.39 is 0 Å². The van der Waals surface area contributed by atoms with Crippen LogP contribution >= 0.6 is 0 Å². The summed E-state index contributed by atoms with van der Waals surface area (Å²) in [6.45, 7) is 0.360. The van der Waals surface area contributed by atoms with E-state index in [1.807, 2.05) is 0 Å². The summed E-state index contributed by atoms with van der Waals surface area (Å²) < 4.78 is 23.1. The van der Waals surface area contributed by atoms with Crippen LogP contribution < -0.4 is 0 Å². The van der Waals surface area contributed by atoms with Crippen LogP contribution in [0, 0.1) is 0 Å². The van der Waals surface area contributed by atoms with Crippen molar-refractivity contribution in [1.29, 1.82) is 0 Å². The van der Waals surface area contributed by atoms with Crippen molar-refractivity contribution in [2.45, 2.75) is 153 Å². The second-order valence-electron chi connectivity index (χ2n) is 13.4. The number of esters is 4. The molecule has 250 valence electrons. The Hall–Kier alpha value is -2.20. The van der Waals surface area contributed by atoms with Crippen molar-refractivity contribution in [3.63, 3.8) is 0 Å². The molecule has 0 aromatic heterocycles. The highest BCUT2D eigenvalue weighted by molar-refractivity contribution is 5.76. The summed E-state index contributed by atoms with van der Waals surface area (Å²) in [6, 6.07) is 0. The van der Waals surface area contributed by atoms with Crippen LogP contribution in [0.4, 0.5) is 0 Å². The van der Waals surface area contributed by atoms with E-state index >= 15 is 0 Å². The number of hydrogen-bond acceptors (Lipinski definition) is 10. The Kier molecular flexibility index (Phi) is 15.2. The lowest BCUT2D eigenvalue weighted by Crippen LogP contribution is -2.45. The maximum absolute atomic E-state index is 13.0. The highest BCUT2D eigenvalue weighted by Crippen LogP contribution is 2.23. The molecule has 44 heavy (non-hydrogen) atoms. The number of hydrogen-bond donors (Lipinski definition) is 0. The smallest absolute Gasteiger partial charge is 0.320 e. The van der Waals surface area contributed by atoms with Crippen LogP contribution in [-0.4, -0.2) is 97.4 Å². The summed E-state index contributed by atoms with van der Waals surface area (Å²) >= 11 is 0. The van der Waals surface area contributed by atoms with Crippen molar-refractivity contribution in [2.75, 3.05) is 39.3 Å². The standard InChI is InChI=1S/C34H56N2O8/c37-31(41-27-13-5-1-6-14-27)23-35(24-32(38)42-28-15-7-2-8-16-28)21-22-36(25-33(39)43-29-17-9-3-10-18-29)26-34(40)44-30-19-11-4-12-20-30/h27-30H,1-26H2. The molecule has 4 fully saturated rings. The first-order valence-corrected chi connectivity index (χ1v) is 17.7. The highest BCUT2D eigenvalue weighted by atomic mass is 16.6. The molecule has 0 N–H and O–H groups in total. The Morgan fingerprint density at radius 3 is 0.773 bits per heavy atom. The molecule has 0 bridgehead atoms. The zero-order valence-corrected chi connectivity index (χ0v) is 26.9. The Balaban J connectivity index is 1.35. The van der Waals surface area contributed by atoms with E-state index in [0.717, 1.165) is 128 Å². The molecule has 0 spiro atoms. The highest BCUT2D eigenvalue weighted by Gasteiger charge is 2.27. The molecule has 0 heterocycles. The van der Waals surface area contributed by atoms with Gasteiger partial charge in [0.15, 0.2) is 0 Å². The third-order valence-electron chi connectivity index (χ3n) is 9.54. The fraction of sp³-hybridized carbons (Fsp3) is 0.882. The van der Waals surface area contributed by atoms with Crippen LogP contribution in [0.15, 0.2) is 0 Å². The molecule has 10 nitrogen and oxygen atoms in total. The van der Waals surface area contributed by atoms with Crippen LogP contribution in [0.3, 0.4) is 0 Å². The second-order valence-corrected chi connectivity index (χ2v) is 13.4. The molecule has 0 radical (unpaired) electrons. The molecule has 0 amide bonds. The van der Waals surface area contributed by atoms with Gasteiger partial charge in [-0.2, -0.15) is 0 Å². The number of ether oxygens (including phenoxy) is 4. The second kappa shape index (κ2) is 19.3. The van der Waals surface area contributed by atoms with E-state index in [0.29, 0.717) is 0 Å². The average molecular weight is 621 g/mol. The fourth-order valence-electron chi connectivity index (χ4n) is 7.07. The van der Waals surface area contributed by atoms with Crippen LogP contribution in [-0.2, 0) is 38.1 Å². The van der Waals surface area contributed by atoms with Gasteiger partial charge in [-0.15, -0.1) is 0 Å². The molecule has 0 saturated heterocycles. The van der Waals surface area contributed by atoms with Gasteiger partial charge >= 0.3 is 23.9 Å². The molecule has 4 saturated carbocycles. The van der Waals surface area contributed by atoms with Crippen molar-refractivity contribution in [1.82, 2.24) is 9.80 Å². The van der Waals surface area contributed by atoms with Gasteiger partial charge in [-0.3, -0.25) is 29.0 Å². The van der Waals surface area contributed by atoms with Crippen LogP contribution in [0.5, 0.6) is 0 Å². The Bertz CT molecular complexity index is 750. The van der Waals surface area contributed by atoms with Crippen molar-refractivity contribution in [3.8, 4) is 0 Å². The van der Waals surface area contributed by atoms with E-state index in [2.05, 4.69) is 0 Å². The minimum atomic E-state index is -0.359. The zero-order chi connectivity index (χ0) is 31.0. The van der Waals surface area contributed by atoms with E-state index in [-0.39, 0.29) is 87.6 Å². The molecule has 10 heteroatoms. The molecule has 0 aliphatic heterocycles. The first-order chi connectivity index (χ1) is 21.4. The van der Waals surface area contributed by atoms with Crippen LogP contribution in [0.25, 0.3) is 0 Å². The van der Waals surface area contributed by atoms with Crippen LogP contribution in [0.1, 0.15) is 128 Å². The van der Waals surface area contributed by atoms with E-state index in [4.69, 9.17) is 18.9 Å². The monoisotopic (exact) mass is 620 g/mol. The third-order valence-corrected chi connectivity index (χ3v) is 9.54.